The molecule has 0 aromatic heterocycles. The van der Waals surface area contributed by atoms with E-state index in [0.717, 1.165) is 12.8 Å². The van der Waals surface area contributed by atoms with E-state index in [0.29, 0.717) is 21.7 Å². The number of benzene rings is 2. The Morgan fingerprint density at radius 3 is 2.64 bits per heavy atom. The lowest BCUT2D eigenvalue weighted by Crippen LogP contribution is -2.35. The number of phenolic OH excluding ortho intramolecular Hbond substituents is 1. The molecule has 0 spiro atoms. The van der Waals surface area contributed by atoms with Crippen LogP contribution < -0.4 is 0 Å². The summed E-state index contributed by atoms with van der Waals surface area (Å²) in [5, 5.41) is 22.0. The molecule has 0 heterocycles. The molecule has 116 valence electrons. The van der Waals surface area contributed by atoms with Gasteiger partial charge in [0.15, 0.2) is 0 Å². The number of hydrogen-bond donors (Lipinski definition) is 2. The zero-order valence-corrected chi connectivity index (χ0v) is 13.0. The van der Waals surface area contributed by atoms with Gasteiger partial charge in [-0.1, -0.05) is 35.9 Å². The standard InChI is InChI=1S/C17H18ClNO3/c1-19(9-15(20)10-6-7-10)17(22)13-8-14(18)11-4-2-3-5-12(11)16(13)21/h2-5,8,10,15,20-21H,6-7,9H2,1H3. The lowest BCUT2D eigenvalue weighted by molar-refractivity contribution is 0.0643. The molecule has 1 aliphatic carbocycles. The number of nitrogens with zero attached hydrogens (tertiary/aromatic N) is 1. The zero-order valence-electron chi connectivity index (χ0n) is 12.3. The molecule has 0 aliphatic heterocycles. The predicted molar refractivity (Wildman–Crippen MR) is 86.3 cm³/mol. The first kappa shape index (κ1) is 15.1. The van der Waals surface area contributed by atoms with E-state index in [1.165, 1.54) is 11.0 Å². The van der Waals surface area contributed by atoms with Crippen molar-refractivity contribution in [2.45, 2.75) is 18.9 Å². The molecular formula is C17H18ClNO3. The molecule has 0 bridgehead atoms. The van der Waals surface area contributed by atoms with Crippen LogP contribution in [0.3, 0.4) is 0 Å². The second-order valence-corrected chi connectivity index (χ2v) is 6.30. The molecule has 1 saturated carbocycles. The van der Waals surface area contributed by atoms with Crippen molar-refractivity contribution in [2.24, 2.45) is 5.92 Å². The highest BCUT2D eigenvalue weighted by atomic mass is 35.5. The van der Waals surface area contributed by atoms with Crippen LogP contribution >= 0.6 is 11.6 Å². The van der Waals surface area contributed by atoms with Gasteiger partial charge in [0.2, 0.25) is 0 Å². The minimum atomic E-state index is -0.507. The van der Waals surface area contributed by atoms with E-state index < -0.39 is 6.10 Å². The molecule has 3 rings (SSSR count). The number of carbonyl (C=O) groups is 1. The summed E-state index contributed by atoms with van der Waals surface area (Å²) in [4.78, 5) is 14.0. The molecule has 22 heavy (non-hydrogen) atoms. The second kappa shape index (κ2) is 5.78. The van der Waals surface area contributed by atoms with Crippen molar-refractivity contribution in [3.05, 3.63) is 40.9 Å². The van der Waals surface area contributed by atoms with E-state index in [1.54, 1.807) is 25.2 Å². The van der Waals surface area contributed by atoms with Crippen LogP contribution in [0.5, 0.6) is 5.75 Å². The first-order valence-corrected chi connectivity index (χ1v) is 7.70. The topological polar surface area (TPSA) is 60.8 Å². The average Bonchev–Trinajstić information content (AvgIpc) is 3.35. The molecular weight excluding hydrogens is 302 g/mol. The molecule has 0 saturated heterocycles. The third-order valence-electron chi connectivity index (χ3n) is 4.17. The summed E-state index contributed by atoms with van der Waals surface area (Å²) < 4.78 is 0. The van der Waals surface area contributed by atoms with Gasteiger partial charge in [-0.3, -0.25) is 4.79 Å². The summed E-state index contributed by atoms with van der Waals surface area (Å²) in [7, 11) is 1.62. The summed E-state index contributed by atoms with van der Waals surface area (Å²) in [6.45, 7) is 0.257. The Morgan fingerprint density at radius 1 is 1.36 bits per heavy atom. The molecule has 1 fully saturated rings. The number of rotatable bonds is 4. The van der Waals surface area contributed by atoms with Crippen molar-refractivity contribution < 1.29 is 15.0 Å². The van der Waals surface area contributed by atoms with Crippen LogP contribution in [0.1, 0.15) is 23.2 Å². The van der Waals surface area contributed by atoms with E-state index >= 15 is 0 Å². The summed E-state index contributed by atoms with van der Waals surface area (Å²) in [5.74, 6) is -0.119. The van der Waals surface area contributed by atoms with Gasteiger partial charge in [-0.15, -0.1) is 0 Å². The summed E-state index contributed by atoms with van der Waals surface area (Å²) >= 11 is 6.22. The van der Waals surface area contributed by atoms with E-state index in [-0.39, 0.29) is 23.8 Å². The SMILES string of the molecule is CN(CC(O)C1CC1)C(=O)c1cc(Cl)c2ccccc2c1O. The smallest absolute Gasteiger partial charge is 0.257 e. The predicted octanol–water partition coefficient (Wildman–Crippen LogP) is 3.04. The first-order chi connectivity index (χ1) is 10.5. The van der Waals surface area contributed by atoms with Crippen LogP contribution in [0, 0.1) is 5.92 Å². The third kappa shape index (κ3) is 2.76. The van der Waals surface area contributed by atoms with Gasteiger partial charge in [-0.05, 0) is 24.8 Å². The quantitative estimate of drug-likeness (QED) is 0.910. The molecule has 0 radical (unpaired) electrons. The highest BCUT2D eigenvalue weighted by molar-refractivity contribution is 6.36. The Hall–Kier alpha value is -1.78. The van der Waals surface area contributed by atoms with Crippen molar-refractivity contribution in [1.82, 2.24) is 4.90 Å². The average molecular weight is 320 g/mol. The number of amides is 1. The maximum atomic E-state index is 12.5. The molecule has 2 aromatic carbocycles. The van der Waals surface area contributed by atoms with Gasteiger partial charge in [0.25, 0.3) is 5.91 Å². The maximum Gasteiger partial charge on any atom is 0.257 e. The van der Waals surface area contributed by atoms with Gasteiger partial charge in [0, 0.05) is 29.4 Å². The minimum absolute atomic E-state index is 0.0715. The molecule has 1 amide bonds. The fourth-order valence-electron chi connectivity index (χ4n) is 2.68. The van der Waals surface area contributed by atoms with Gasteiger partial charge < -0.3 is 15.1 Å². The highest BCUT2D eigenvalue weighted by Gasteiger charge is 2.31. The minimum Gasteiger partial charge on any atom is -0.506 e. The Labute approximate surface area is 133 Å². The first-order valence-electron chi connectivity index (χ1n) is 7.32. The number of likely N-dealkylation sites (N-methyl/N-ethyl adjacent to an activating group) is 1. The number of aromatic hydroxyl groups is 1. The van der Waals surface area contributed by atoms with Gasteiger partial charge in [-0.25, -0.2) is 0 Å². The molecule has 2 aromatic rings. The second-order valence-electron chi connectivity index (χ2n) is 5.89. The van der Waals surface area contributed by atoms with E-state index in [4.69, 9.17) is 11.6 Å². The zero-order chi connectivity index (χ0) is 15.9. The number of hydrogen-bond acceptors (Lipinski definition) is 3. The number of aliphatic hydroxyl groups is 1. The molecule has 1 atom stereocenters. The van der Waals surface area contributed by atoms with Crippen molar-refractivity contribution in [2.75, 3.05) is 13.6 Å². The number of aliphatic hydroxyl groups excluding tert-OH is 1. The summed E-state index contributed by atoms with van der Waals surface area (Å²) in [6, 6.07) is 8.63. The number of carbonyl (C=O) groups excluding carboxylic acids is 1. The largest absolute Gasteiger partial charge is 0.506 e. The molecule has 1 unspecified atom stereocenters. The van der Waals surface area contributed by atoms with Crippen molar-refractivity contribution >= 4 is 28.3 Å². The van der Waals surface area contributed by atoms with Gasteiger partial charge in [0.05, 0.1) is 11.7 Å². The van der Waals surface area contributed by atoms with Crippen LogP contribution in [-0.4, -0.2) is 40.7 Å². The molecule has 2 N–H and O–H groups in total. The Bertz CT molecular complexity index is 727. The lowest BCUT2D eigenvalue weighted by atomic mass is 10.0. The monoisotopic (exact) mass is 319 g/mol. The maximum absolute atomic E-state index is 12.5. The number of fused-ring (bicyclic) bond motifs is 1. The number of phenols is 1. The fourth-order valence-corrected chi connectivity index (χ4v) is 2.95. The van der Waals surface area contributed by atoms with Crippen LogP contribution in [-0.2, 0) is 0 Å². The van der Waals surface area contributed by atoms with Crippen LogP contribution in [0.2, 0.25) is 5.02 Å². The van der Waals surface area contributed by atoms with Gasteiger partial charge in [0.1, 0.15) is 5.75 Å². The van der Waals surface area contributed by atoms with E-state index in [1.807, 2.05) is 6.07 Å². The highest BCUT2D eigenvalue weighted by Crippen LogP contribution is 2.35. The lowest BCUT2D eigenvalue weighted by Gasteiger charge is -2.21. The third-order valence-corrected chi connectivity index (χ3v) is 4.48. The van der Waals surface area contributed by atoms with E-state index in [9.17, 15) is 15.0 Å². The van der Waals surface area contributed by atoms with Crippen molar-refractivity contribution in [1.29, 1.82) is 0 Å². The van der Waals surface area contributed by atoms with Crippen LogP contribution in [0.25, 0.3) is 10.8 Å². The Morgan fingerprint density at radius 2 is 2.00 bits per heavy atom. The summed E-state index contributed by atoms with van der Waals surface area (Å²) in [5.41, 5.74) is 0.161. The van der Waals surface area contributed by atoms with Crippen LogP contribution in [0.15, 0.2) is 30.3 Å². The van der Waals surface area contributed by atoms with E-state index in [2.05, 4.69) is 0 Å². The Kier molecular flexibility index (Phi) is 3.98. The number of halogens is 1. The van der Waals surface area contributed by atoms with Gasteiger partial charge >= 0.3 is 0 Å². The van der Waals surface area contributed by atoms with Gasteiger partial charge in [-0.2, -0.15) is 0 Å². The summed E-state index contributed by atoms with van der Waals surface area (Å²) in [6.07, 6.45) is 1.51. The molecule has 1 aliphatic rings. The van der Waals surface area contributed by atoms with Crippen molar-refractivity contribution in [3.63, 3.8) is 0 Å². The Balaban J connectivity index is 1.91. The van der Waals surface area contributed by atoms with Crippen LogP contribution in [0.4, 0.5) is 0 Å². The molecule has 5 heteroatoms. The fraction of sp³-hybridized carbons (Fsp3) is 0.353. The van der Waals surface area contributed by atoms with Crippen molar-refractivity contribution in [3.8, 4) is 5.75 Å². The normalized spacial score (nSPS) is 15.8. The molecule has 4 nitrogen and oxygen atoms in total.